The number of carbonyl (C=O) groups is 1. The zero-order valence-electron chi connectivity index (χ0n) is 23.3. The number of halogens is 6. The summed E-state index contributed by atoms with van der Waals surface area (Å²) in [6.45, 7) is 9.72. The molecule has 0 saturated carbocycles. The van der Waals surface area contributed by atoms with Crippen molar-refractivity contribution in [3.8, 4) is 6.07 Å². The molecular weight excluding hydrogens is 540 g/mol. The molecule has 40 heavy (non-hydrogen) atoms. The highest BCUT2D eigenvalue weighted by atomic mass is 19.4. The molecule has 0 aliphatic carbocycles. The average Bonchev–Trinajstić information content (AvgIpc) is 2.81. The second-order valence-electron chi connectivity index (χ2n) is 9.70. The number of esters is 1. The Morgan fingerprint density at radius 1 is 0.850 bits per heavy atom. The molecule has 0 radical (unpaired) electrons. The molecule has 0 atom stereocenters. The molecule has 0 spiro atoms. The Kier molecular flexibility index (Phi) is 15.4. The van der Waals surface area contributed by atoms with Crippen LogP contribution in [0.4, 0.5) is 26.3 Å². The SMILES string of the molecule is Cc1cc(C(F)(F)F)cc(C#N)n1.Cc1cc(C(F)(F)F)cc(CCC(=O)OC(C)(C)C)n1.NCCCCCN. The molecule has 2 aromatic heterocycles. The predicted molar refractivity (Wildman–Crippen MR) is 139 cm³/mol. The second-order valence-corrected chi connectivity index (χ2v) is 9.70. The van der Waals surface area contributed by atoms with Gasteiger partial charge in [0.25, 0.3) is 0 Å². The van der Waals surface area contributed by atoms with Gasteiger partial charge in [-0.25, -0.2) is 4.98 Å². The van der Waals surface area contributed by atoms with Gasteiger partial charge in [-0.1, -0.05) is 6.42 Å². The zero-order valence-corrected chi connectivity index (χ0v) is 23.3. The van der Waals surface area contributed by atoms with E-state index in [1.54, 1.807) is 26.8 Å². The Morgan fingerprint density at radius 3 is 1.75 bits per heavy atom. The first-order chi connectivity index (χ1) is 18.3. The van der Waals surface area contributed by atoms with Crippen molar-refractivity contribution in [3.05, 3.63) is 58.2 Å². The summed E-state index contributed by atoms with van der Waals surface area (Å²) in [5.41, 5.74) is 8.76. The number of ether oxygens (including phenoxy) is 1. The van der Waals surface area contributed by atoms with Gasteiger partial charge in [-0.15, -0.1) is 0 Å². The summed E-state index contributed by atoms with van der Waals surface area (Å²) in [5, 5.41) is 8.37. The van der Waals surface area contributed by atoms with Crippen LogP contribution in [-0.4, -0.2) is 34.6 Å². The second kappa shape index (κ2) is 16.8. The van der Waals surface area contributed by atoms with E-state index < -0.39 is 35.0 Å². The Balaban J connectivity index is 0.000000649. The zero-order chi connectivity index (χ0) is 31.1. The molecule has 2 aromatic rings. The number of nitrogens with two attached hydrogens (primary N) is 2. The minimum atomic E-state index is -4.42. The molecule has 0 unspecified atom stereocenters. The van der Waals surface area contributed by atoms with Gasteiger partial charge in [-0.2, -0.15) is 31.6 Å². The molecular formula is C27H37F6N5O2. The molecule has 2 heterocycles. The monoisotopic (exact) mass is 577 g/mol. The highest BCUT2D eigenvalue weighted by Crippen LogP contribution is 2.30. The largest absolute Gasteiger partial charge is 0.460 e. The number of pyridine rings is 2. The van der Waals surface area contributed by atoms with Crippen molar-refractivity contribution in [3.63, 3.8) is 0 Å². The summed E-state index contributed by atoms with van der Waals surface area (Å²) in [5.74, 6) is -0.450. The van der Waals surface area contributed by atoms with E-state index in [-0.39, 0.29) is 35.6 Å². The number of nitriles is 1. The van der Waals surface area contributed by atoms with Crippen molar-refractivity contribution in [1.82, 2.24) is 9.97 Å². The van der Waals surface area contributed by atoms with Crippen molar-refractivity contribution < 1.29 is 35.9 Å². The molecule has 0 fully saturated rings. The molecule has 0 amide bonds. The smallest absolute Gasteiger partial charge is 0.416 e. The number of hydrogen-bond donors (Lipinski definition) is 2. The fourth-order valence-corrected chi connectivity index (χ4v) is 3.01. The van der Waals surface area contributed by atoms with Gasteiger partial charge in [-0.05, 0) is 84.8 Å². The van der Waals surface area contributed by atoms with Crippen molar-refractivity contribution in [1.29, 1.82) is 5.26 Å². The third kappa shape index (κ3) is 16.7. The quantitative estimate of drug-likeness (QED) is 0.233. The van der Waals surface area contributed by atoms with Crippen molar-refractivity contribution in [2.24, 2.45) is 11.5 Å². The summed E-state index contributed by atoms with van der Waals surface area (Å²) < 4.78 is 79.5. The molecule has 0 bridgehead atoms. The van der Waals surface area contributed by atoms with Crippen LogP contribution in [0.25, 0.3) is 0 Å². The lowest BCUT2D eigenvalue weighted by Gasteiger charge is -2.19. The lowest BCUT2D eigenvalue weighted by Crippen LogP contribution is -2.24. The molecule has 7 nitrogen and oxygen atoms in total. The van der Waals surface area contributed by atoms with Crippen LogP contribution >= 0.6 is 0 Å². The first-order valence-corrected chi connectivity index (χ1v) is 12.4. The number of unbranched alkanes of at least 4 members (excludes halogenated alkanes) is 2. The summed E-state index contributed by atoms with van der Waals surface area (Å²) >= 11 is 0. The molecule has 4 N–H and O–H groups in total. The van der Waals surface area contributed by atoms with Crippen LogP contribution in [0.3, 0.4) is 0 Å². The van der Waals surface area contributed by atoms with Crippen LogP contribution in [0.15, 0.2) is 24.3 Å². The normalized spacial score (nSPS) is 11.4. The molecule has 0 aliphatic rings. The number of nitrogens with zero attached hydrogens (tertiary/aromatic N) is 3. The molecule has 0 saturated heterocycles. The summed E-state index contributed by atoms with van der Waals surface area (Å²) in [6, 6.07) is 5.15. The summed E-state index contributed by atoms with van der Waals surface area (Å²) in [6.07, 6.45) is -5.26. The van der Waals surface area contributed by atoms with E-state index in [0.29, 0.717) is 0 Å². The first kappa shape index (κ1) is 36.8. The van der Waals surface area contributed by atoms with Gasteiger partial charge >= 0.3 is 18.3 Å². The number of carbonyl (C=O) groups excluding carboxylic acids is 1. The standard InChI is InChI=1S/C14H18F3NO2.C8H5F3N2.C5H14N2/c1-9-7-10(14(15,16)17)8-11(18-9)5-6-12(19)20-13(2,3)4;1-5-2-6(8(9,10)11)3-7(4-12)13-5;6-4-2-1-3-5-7/h7-8H,5-6H2,1-4H3;2-3H,1H3;1-7H2. The van der Waals surface area contributed by atoms with Gasteiger partial charge in [0.05, 0.1) is 17.5 Å². The maximum absolute atomic E-state index is 12.6. The average molecular weight is 578 g/mol. The summed E-state index contributed by atoms with van der Waals surface area (Å²) in [4.78, 5) is 19.1. The van der Waals surface area contributed by atoms with Gasteiger partial charge < -0.3 is 16.2 Å². The van der Waals surface area contributed by atoms with E-state index in [9.17, 15) is 31.1 Å². The predicted octanol–water partition coefficient (Wildman–Crippen LogP) is 6.04. The molecule has 2 rings (SSSR count). The number of aryl methyl sites for hydroxylation is 3. The lowest BCUT2D eigenvalue weighted by molar-refractivity contribution is -0.154. The highest BCUT2D eigenvalue weighted by molar-refractivity contribution is 5.70. The van der Waals surface area contributed by atoms with E-state index in [2.05, 4.69) is 9.97 Å². The van der Waals surface area contributed by atoms with E-state index in [4.69, 9.17) is 21.5 Å². The van der Waals surface area contributed by atoms with Gasteiger partial charge in [0, 0.05) is 23.5 Å². The highest BCUT2D eigenvalue weighted by Gasteiger charge is 2.32. The topological polar surface area (TPSA) is 128 Å². The first-order valence-electron chi connectivity index (χ1n) is 12.4. The van der Waals surface area contributed by atoms with Gasteiger partial charge in [0.15, 0.2) is 0 Å². The Labute approximate surface area is 230 Å². The third-order valence-electron chi connectivity index (χ3n) is 4.64. The van der Waals surface area contributed by atoms with E-state index in [1.165, 1.54) is 20.3 Å². The van der Waals surface area contributed by atoms with Crippen LogP contribution in [0, 0.1) is 25.2 Å². The van der Waals surface area contributed by atoms with Crippen LogP contribution in [-0.2, 0) is 28.3 Å². The molecule has 224 valence electrons. The van der Waals surface area contributed by atoms with E-state index >= 15 is 0 Å². The minimum Gasteiger partial charge on any atom is -0.460 e. The van der Waals surface area contributed by atoms with Crippen LogP contribution in [0.1, 0.15) is 80.4 Å². The Hall–Kier alpha value is -3.24. The van der Waals surface area contributed by atoms with Crippen LogP contribution in [0.5, 0.6) is 0 Å². The summed E-state index contributed by atoms with van der Waals surface area (Å²) in [7, 11) is 0. The van der Waals surface area contributed by atoms with Crippen molar-refractivity contribution >= 4 is 5.97 Å². The number of aromatic nitrogens is 2. The van der Waals surface area contributed by atoms with Gasteiger partial charge in [-0.3, -0.25) is 9.78 Å². The third-order valence-corrected chi connectivity index (χ3v) is 4.64. The minimum absolute atomic E-state index is 0.00498. The molecule has 0 aromatic carbocycles. The molecule has 13 heteroatoms. The van der Waals surface area contributed by atoms with Crippen LogP contribution in [0.2, 0.25) is 0 Å². The lowest BCUT2D eigenvalue weighted by atomic mass is 10.1. The van der Waals surface area contributed by atoms with E-state index in [0.717, 1.165) is 50.2 Å². The van der Waals surface area contributed by atoms with Crippen LogP contribution < -0.4 is 11.5 Å². The molecule has 0 aliphatic heterocycles. The maximum atomic E-state index is 12.6. The Bertz CT molecular complexity index is 1100. The van der Waals surface area contributed by atoms with Gasteiger partial charge in [0.2, 0.25) is 0 Å². The van der Waals surface area contributed by atoms with Crippen molar-refractivity contribution in [2.75, 3.05) is 13.1 Å². The fourth-order valence-electron chi connectivity index (χ4n) is 3.01. The van der Waals surface area contributed by atoms with Crippen molar-refractivity contribution in [2.45, 2.75) is 84.7 Å². The number of hydrogen-bond acceptors (Lipinski definition) is 7. The fraction of sp³-hybridized carbons (Fsp3) is 0.556. The van der Waals surface area contributed by atoms with Gasteiger partial charge in [0.1, 0.15) is 17.4 Å². The number of rotatable bonds is 7. The Morgan fingerprint density at radius 2 is 1.32 bits per heavy atom. The van der Waals surface area contributed by atoms with E-state index in [1.807, 2.05) is 0 Å². The number of alkyl halides is 6. The maximum Gasteiger partial charge on any atom is 0.416 e.